The molecule has 1 aromatic heterocycles. The number of fused-ring (bicyclic) bond motifs is 1. The lowest BCUT2D eigenvalue weighted by Crippen LogP contribution is -2.37. The molecule has 1 aromatic carbocycles. The highest BCUT2D eigenvalue weighted by Crippen LogP contribution is 2.33. The number of aromatic nitrogens is 2. The van der Waals surface area contributed by atoms with Crippen LogP contribution in [-0.4, -0.2) is 42.1 Å². The number of carbonyl (C=O) groups excluding carboxylic acids is 1. The van der Waals surface area contributed by atoms with E-state index in [1.165, 1.54) is 11.1 Å². The molecule has 0 unspecified atom stereocenters. The van der Waals surface area contributed by atoms with Crippen molar-refractivity contribution in [2.75, 3.05) is 31.2 Å². The van der Waals surface area contributed by atoms with E-state index in [2.05, 4.69) is 28.9 Å². The standard InChI is InChI=1S/C19H21N3O2/c1-13-4-2-3-5-15(13)14-10-17-16(18(23)11-14)12-20-19(21-17)22-6-8-24-9-7-22/h2-5,12,14H,6-11H2,1H3/t14-/m1/s1. The van der Waals surface area contributed by atoms with Crippen molar-refractivity contribution in [1.29, 1.82) is 0 Å². The maximum atomic E-state index is 12.6. The molecule has 24 heavy (non-hydrogen) atoms. The normalized spacial score (nSPS) is 20.8. The summed E-state index contributed by atoms with van der Waals surface area (Å²) in [6.45, 7) is 5.10. The number of hydrogen-bond acceptors (Lipinski definition) is 5. The number of anilines is 1. The quantitative estimate of drug-likeness (QED) is 0.850. The van der Waals surface area contributed by atoms with Gasteiger partial charge in [0.25, 0.3) is 0 Å². The molecule has 0 amide bonds. The molecule has 0 radical (unpaired) electrons. The summed E-state index contributed by atoms with van der Waals surface area (Å²) in [4.78, 5) is 23.8. The number of Topliss-reactive ketones (excluding diaryl/α,β-unsaturated/α-hetero) is 1. The summed E-state index contributed by atoms with van der Waals surface area (Å²) in [6.07, 6.45) is 3.05. The second-order valence-corrected chi connectivity index (χ2v) is 6.51. The summed E-state index contributed by atoms with van der Waals surface area (Å²) in [7, 11) is 0. The van der Waals surface area contributed by atoms with Crippen LogP contribution >= 0.6 is 0 Å². The minimum Gasteiger partial charge on any atom is -0.378 e. The summed E-state index contributed by atoms with van der Waals surface area (Å²) in [6, 6.07) is 8.31. The third kappa shape index (κ3) is 2.80. The highest BCUT2D eigenvalue weighted by atomic mass is 16.5. The van der Waals surface area contributed by atoms with Crippen molar-refractivity contribution in [3.05, 3.63) is 52.8 Å². The van der Waals surface area contributed by atoms with Crippen molar-refractivity contribution in [2.24, 2.45) is 0 Å². The van der Waals surface area contributed by atoms with Gasteiger partial charge < -0.3 is 9.64 Å². The van der Waals surface area contributed by atoms with Crippen molar-refractivity contribution in [3.8, 4) is 0 Å². The first kappa shape index (κ1) is 15.3. The number of morpholine rings is 1. The van der Waals surface area contributed by atoms with Gasteiger partial charge in [-0.15, -0.1) is 0 Å². The lowest BCUT2D eigenvalue weighted by Gasteiger charge is -2.29. The lowest BCUT2D eigenvalue weighted by molar-refractivity contribution is 0.0962. The molecule has 1 atom stereocenters. The molecule has 1 fully saturated rings. The van der Waals surface area contributed by atoms with Gasteiger partial charge >= 0.3 is 0 Å². The van der Waals surface area contributed by atoms with Crippen molar-refractivity contribution in [3.63, 3.8) is 0 Å². The lowest BCUT2D eigenvalue weighted by atomic mass is 9.81. The Balaban J connectivity index is 1.65. The van der Waals surface area contributed by atoms with Crippen LogP contribution < -0.4 is 4.90 Å². The highest BCUT2D eigenvalue weighted by Gasteiger charge is 2.29. The third-order valence-electron chi connectivity index (χ3n) is 4.95. The maximum Gasteiger partial charge on any atom is 0.225 e. The average molecular weight is 323 g/mol. The van der Waals surface area contributed by atoms with Crippen LogP contribution in [-0.2, 0) is 11.2 Å². The molecule has 1 saturated heterocycles. The molecule has 4 rings (SSSR count). The first-order valence-corrected chi connectivity index (χ1v) is 8.49. The van der Waals surface area contributed by atoms with Crippen LogP contribution in [0.4, 0.5) is 5.95 Å². The van der Waals surface area contributed by atoms with E-state index in [0.29, 0.717) is 25.2 Å². The predicted molar refractivity (Wildman–Crippen MR) is 91.6 cm³/mol. The highest BCUT2D eigenvalue weighted by molar-refractivity contribution is 5.98. The summed E-state index contributed by atoms with van der Waals surface area (Å²) in [5.41, 5.74) is 4.07. The van der Waals surface area contributed by atoms with E-state index in [1.54, 1.807) is 6.20 Å². The SMILES string of the molecule is Cc1ccccc1[C@H]1CC(=O)c2cnc(N3CCOCC3)nc2C1. The van der Waals surface area contributed by atoms with Crippen LogP contribution in [0.25, 0.3) is 0 Å². The van der Waals surface area contributed by atoms with E-state index in [1.807, 2.05) is 12.1 Å². The zero-order chi connectivity index (χ0) is 16.5. The molecule has 1 aliphatic carbocycles. The van der Waals surface area contributed by atoms with E-state index in [9.17, 15) is 4.79 Å². The maximum absolute atomic E-state index is 12.6. The summed E-state index contributed by atoms with van der Waals surface area (Å²) in [5.74, 6) is 1.08. The first-order chi connectivity index (χ1) is 11.7. The smallest absolute Gasteiger partial charge is 0.225 e. The zero-order valence-corrected chi connectivity index (χ0v) is 13.9. The average Bonchev–Trinajstić information content (AvgIpc) is 2.62. The molecule has 2 aromatic rings. The second-order valence-electron chi connectivity index (χ2n) is 6.51. The molecule has 5 heteroatoms. The van der Waals surface area contributed by atoms with Crippen molar-refractivity contribution < 1.29 is 9.53 Å². The van der Waals surface area contributed by atoms with Crippen molar-refractivity contribution in [2.45, 2.75) is 25.7 Å². The van der Waals surface area contributed by atoms with Crippen LogP contribution in [0.1, 0.15) is 39.5 Å². The number of benzene rings is 1. The first-order valence-electron chi connectivity index (χ1n) is 8.49. The summed E-state index contributed by atoms with van der Waals surface area (Å²) < 4.78 is 5.39. The van der Waals surface area contributed by atoms with E-state index in [-0.39, 0.29) is 11.7 Å². The molecule has 2 heterocycles. The van der Waals surface area contributed by atoms with Gasteiger partial charge in [0, 0.05) is 25.7 Å². The van der Waals surface area contributed by atoms with Crippen molar-refractivity contribution >= 4 is 11.7 Å². The Kier molecular flexibility index (Phi) is 4.02. The van der Waals surface area contributed by atoms with E-state index in [0.717, 1.165) is 31.2 Å². The molecule has 1 aliphatic heterocycles. The summed E-state index contributed by atoms with van der Waals surface area (Å²) in [5, 5.41) is 0. The number of nitrogens with zero attached hydrogens (tertiary/aromatic N) is 3. The topological polar surface area (TPSA) is 55.3 Å². The van der Waals surface area contributed by atoms with Gasteiger partial charge in [-0.05, 0) is 30.4 Å². The molecule has 5 nitrogen and oxygen atoms in total. The Morgan fingerprint density at radius 1 is 1.17 bits per heavy atom. The van der Waals surface area contributed by atoms with Gasteiger partial charge in [-0.25, -0.2) is 9.97 Å². The molecule has 124 valence electrons. The number of ketones is 1. The second kappa shape index (κ2) is 6.32. The van der Waals surface area contributed by atoms with E-state index < -0.39 is 0 Å². The Hall–Kier alpha value is -2.27. The fourth-order valence-corrected chi connectivity index (χ4v) is 3.61. The number of hydrogen-bond donors (Lipinski definition) is 0. The summed E-state index contributed by atoms with van der Waals surface area (Å²) >= 11 is 0. The van der Waals surface area contributed by atoms with Crippen LogP contribution in [0.15, 0.2) is 30.5 Å². The number of carbonyl (C=O) groups is 1. The fourth-order valence-electron chi connectivity index (χ4n) is 3.61. The molecular formula is C19H21N3O2. The molecular weight excluding hydrogens is 302 g/mol. The Morgan fingerprint density at radius 2 is 1.96 bits per heavy atom. The van der Waals surface area contributed by atoms with E-state index in [4.69, 9.17) is 9.72 Å². The Bertz CT molecular complexity index is 769. The number of aryl methyl sites for hydroxylation is 1. The van der Waals surface area contributed by atoms with E-state index >= 15 is 0 Å². The Morgan fingerprint density at radius 3 is 2.75 bits per heavy atom. The van der Waals surface area contributed by atoms with Crippen LogP contribution in [0.3, 0.4) is 0 Å². The minimum absolute atomic E-state index is 0.151. The van der Waals surface area contributed by atoms with Gasteiger partial charge in [0.2, 0.25) is 5.95 Å². The largest absolute Gasteiger partial charge is 0.378 e. The Labute approximate surface area is 141 Å². The fraction of sp³-hybridized carbons (Fsp3) is 0.421. The molecule has 0 spiro atoms. The molecule has 0 N–H and O–H groups in total. The zero-order valence-electron chi connectivity index (χ0n) is 13.9. The van der Waals surface area contributed by atoms with Gasteiger partial charge in [0.1, 0.15) is 0 Å². The molecule has 2 aliphatic rings. The predicted octanol–water partition coefficient (Wildman–Crippen LogP) is 2.53. The molecule has 0 bridgehead atoms. The third-order valence-corrected chi connectivity index (χ3v) is 4.95. The van der Waals surface area contributed by atoms with Gasteiger partial charge in [-0.3, -0.25) is 4.79 Å². The van der Waals surface area contributed by atoms with Crippen molar-refractivity contribution in [1.82, 2.24) is 9.97 Å². The number of rotatable bonds is 2. The van der Waals surface area contributed by atoms with Crippen LogP contribution in [0.2, 0.25) is 0 Å². The van der Waals surface area contributed by atoms with Gasteiger partial charge in [-0.1, -0.05) is 24.3 Å². The van der Waals surface area contributed by atoms with Crippen LogP contribution in [0.5, 0.6) is 0 Å². The van der Waals surface area contributed by atoms with Crippen LogP contribution in [0, 0.1) is 6.92 Å². The number of ether oxygens (including phenoxy) is 1. The molecule has 0 saturated carbocycles. The van der Waals surface area contributed by atoms with Gasteiger partial charge in [0.05, 0.1) is 24.5 Å². The van der Waals surface area contributed by atoms with Gasteiger partial charge in [0.15, 0.2) is 5.78 Å². The monoisotopic (exact) mass is 323 g/mol. The van der Waals surface area contributed by atoms with Gasteiger partial charge in [-0.2, -0.15) is 0 Å². The minimum atomic E-state index is 0.151.